The molecule has 3 aromatic rings. The fraction of sp³-hybridized carbons (Fsp3) is 0.200. The number of rotatable bonds is 9. The Kier molecular flexibility index (Phi) is 8.17. The van der Waals surface area contributed by atoms with Crippen molar-refractivity contribution in [3.05, 3.63) is 89.9 Å². The Morgan fingerprint density at radius 1 is 1.15 bits per heavy atom. The molecule has 34 heavy (non-hydrogen) atoms. The third-order valence-electron chi connectivity index (χ3n) is 5.08. The van der Waals surface area contributed by atoms with Crippen LogP contribution in [-0.4, -0.2) is 27.8 Å². The molecule has 0 aliphatic rings. The van der Waals surface area contributed by atoms with Crippen LogP contribution in [0.3, 0.4) is 0 Å². The standard InChI is InChI=1S/C25H31N9/c1-16(2)18(12-26)11-23(27)34-24-5-4-21-22(33-24)10-19(14-31-21)20(15-29-3)25(28)32-13-17-6-8-30-9-7-17/h4-12,14-16,29H,13,26-27H2,1-3H3,(H2,28,32)(H,33,34)/b18-12+,20-15-,23-11+. The van der Waals surface area contributed by atoms with E-state index in [1.807, 2.05) is 44.2 Å². The quantitative estimate of drug-likeness (QED) is 0.163. The van der Waals surface area contributed by atoms with Crippen molar-refractivity contribution in [3.8, 4) is 0 Å². The van der Waals surface area contributed by atoms with Gasteiger partial charge in [-0.15, -0.1) is 0 Å². The minimum absolute atomic E-state index is 0.251. The van der Waals surface area contributed by atoms with Gasteiger partial charge in [-0.1, -0.05) is 13.8 Å². The van der Waals surface area contributed by atoms with E-state index in [9.17, 15) is 0 Å². The molecule has 0 bridgehead atoms. The molecule has 0 aliphatic heterocycles. The fourth-order valence-corrected chi connectivity index (χ4v) is 3.22. The van der Waals surface area contributed by atoms with Crippen LogP contribution >= 0.6 is 0 Å². The molecule has 0 aromatic carbocycles. The third kappa shape index (κ3) is 6.32. The van der Waals surface area contributed by atoms with E-state index < -0.39 is 0 Å². The van der Waals surface area contributed by atoms with Crippen LogP contribution in [-0.2, 0) is 6.54 Å². The van der Waals surface area contributed by atoms with E-state index >= 15 is 0 Å². The van der Waals surface area contributed by atoms with Crippen LogP contribution in [0.2, 0.25) is 0 Å². The highest BCUT2D eigenvalue weighted by Crippen LogP contribution is 2.21. The second kappa shape index (κ2) is 11.5. The molecule has 0 spiro atoms. The highest BCUT2D eigenvalue weighted by Gasteiger charge is 2.11. The van der Waals surface area contributed by atoms with Gasteiger partial charge in [-0.25, -0.2) is 4.98 Å². The summed E-state index contributed by atoms with van der Waals surface area (Å²) >= 11 is 0. The maximum absolute atomic E-state index is 8.56. The molecule has 0 atom stereocenters. The first kappa shape index (κ1) is 24.2. The lowest BCUT2D eigenvalue weighted by Crippen LogP contribution is -2.24. The Hall–Kier alpha value is -4.40. The number of nitrogens with two attached hydrogens (primary N) is 2. The van der Waals surface area contributed by atoms with Gasteiger partial charge < -0.3 is 27.4 Å². The highest BCUT2D eigenvalue weighted by atomic mass is 15.1. The summed E-state index contributed by atoms with van der Waals surface area (Å²) in [5, 5.41) is 17.8. The van der Waals surface area contributed by atoms with E-state index in [0.29, 0.717) is 29.3 Å². The fourth-order valence-electron chi connectivity index (χ4n) is 3.22. The summed E-state index contributed by atoms with van der Waals surface area (Å²) in [5.74, 6) is 1.55. The molecule has 3 rings (SSSR count). The van der Waals surface area contributed by atoms with Crippen LogP contribution in [0.15, 0.2) is 78.8 Å². The topological polar surface area (TPSA) is 151 Å². The molecule has 9 heteroatoms. The van der Waals surface area contributed by atoms with E-state index in [4.69, 9.17) is 16.9 Å². The zero-order valence-electron chi connectivity index (χ0n) is 19.6. The van der Waals surface area contributed by atoms with Crippen molar-refractivity contribution in [2.24, 2.45) is 17.4 Å². The lowest BCUT2D eigenvalue weighted by molar-refractivity contribution is 0.786. The van der Waals surface area contributed by atoms with E-state index in [1.54, 1.807) is 44.1 Å². The highest BCUT2D eigenvalue weighted by molar-refractivity contribution is 6.21. The number of hydrogen-bond acceptors (Lipinski definition) is 8. The number of aromatic nitrogens is 3. The van der Waals surface area contributed by atoms with Gasteiger partial charge in [0.1, 0.15) is 17.5 Å². The van der Waals surface area contributed by atoms with Gasteiger partial charge in [-0.05, 0) is 59.7 Å². The zero-order chi connectivity index (χ0) is 24.5. The average molecular weight is 458 g/mol. The van der Waals surface area contributed by atoms with Crippen LogP contribution in [0.25, 0.3) is 16.6 Å². The van der Waals surface area contributed by atoms with Crippen molar-refractivity contribution in [2.75, 3.05) is 12.4 Å². The number of nitrogens with one attached hydrogen (secondary N) is 4. The number of pyridine rings is 3. The third-order valence-corrected chi connectivity index (χ3v) is 5.08. The number of fused-ring (bicyclic) bond motifs is 1. The van der Waals surface area contributed by atoms with Gasteiger partial charge in [0, 0.05) is 49.5 Å². The molecular formula is C25H31N9. The summed E-state index contributed by atoms with van der Waals surface area (Å²) in [6.07, 6.45) is 10.3. The maximum Gasteiger partial charge on any atom is 0.132 e. The van der Waals surface area contributed by atoms with Crippen molar-refractivity contribution < 1.29 is 0 Å². The van der Waals surface area contributed by atoms with Gasteiger partial charge >= 0.3 is 0 Å². The van der Waals surface area contributed by atoms with E-state index in [2.05, 4.69) is 30.9 Å². The SMILES string of the molecule is CN/C=C(\C(=N)NCc1ccncc1)c1cnc2ccc(N/C(N)=C/C(=C\N)C(C)C)nc2c1. The molecule has 0 saturated carbocycles. The summed E-state index contributed by atoms with van der Waals surface area (Å²) in [5.41, 5.74) is 16.6. The lowest BCUT2D eigenvalue weighted by atomic mass is 10.0. The first-order valence-corrected chi connectivity index (χ1v) is 10.9. The van der Waals surface area contributed by atoms with Crippen molar-refractivity contribution in [2.45, 2.75) is 20.4 Å². The lowest BCUT2D eigenvalue weighted by Gasteiger charge is -2.13. The summed E-state index contributed by atoms with van der Waals surface area (Å²) in [6, 6.07) is 9.41. The van der Waals surface area contributed by atoms with Gasteiger partial charge in [0.2, 0.25) is 0 Å². The van der Waals surface area contributed by atoms with Gasteiger partial charge in [0.25, 0.3) is 0 Å². The van der Waals surface area contributed by atoms with Crippen molar-refractivity contribution in [1.29, 1.82) is 5.41 Å². The first-order chi connectivity index (χ1) is 16.4. The molecule has 3 aromatic heterocycles. The maximum atomic E-state index is 8.56. The molecule has 0 saturated heterocycles. The smallest absolute Gasteiger partial charge is 0.132 e. The van der Waals surface area contributed by atoms with Crippen LogP contribution in [0.4, 0.5) is 5.82 Å². The number of amidine groups is 1. The summed E-state index contributed by atoms with van der Waals surface area (Å²) in [6.45, 7) is 4.60. The molecule has 0 unspecified atom stereocenters. The first-order valence-electron chi connectivity index (χ1n) is 10.9. The molecule has 0 radical (unpaired) electrons. The Morgan fingerprint density at radius 3 is 2.59 bits per heavy atom. The zero-order valence-corrected chi connectivity index (χ0v) is 19.6. The predicted molar refractivity (Wildman–Crippen MR) is 138 cm³/mol. The molecule has 3 heterocycles. The Bertz CT molecular complexity index is 1230. The Morgan fingerprint density at radius 2 is 1.91 bits per heavy atom. The number of anilines is 1. The van der Waals surface area contributed by atoms with E-state index in [0.717, 1.165) is 22.2 Å². The summed E-state index contributed by atoms with van der Waals surface area (Å²) in [7, 11) is 1.79. The molecule has 176 valence electrons. The predicted octanol–water partition coefficient (Wildman–Crippen LogP) is 3.06. The largest absolute Gasteiger partial charge is 0.404 e. The van der Waals surface area contributed by atoms with E-state index in [-0.39, 0.29) is 11.8 Å². The minimum atomic E-state index is 0.251. The van der Waals surface area contributed by atoms with Gasteiger partial charge in [0.05, 0.1) is 11.0 Å². The van der Waals surface area contributed by atoms with Crippen LogP contribution in [0, 0.1) is 11.3 Å². The molecule has 0 aliphatic carbocycles. The normalized spacial score (nSPS) is 12.6. The minimum Gasteiger partial charge on any atom is -0.404 e. The van der Waals surface area contributed by atoms with Crippen LogP contribution in [0.5, 0.6) is 0 Å². The van der Waals surface area contributed by atoms with Gasteiger partial charge in [-0.3, -0.25) is 15.4 Å². The molecular weight excluding hydrogens is 426 g/mol. The molecule has 9 nitrogen and oxygen atoms in total. The Labute approximate surface area is 199 Å². The second-order valence-electron chi connectivity index (χ2n) is 7.94. The van der Waals surface area contributed by atoms with E-state index in [1.165, 1.54) is 0 Å². The second-order valence-corrected chi connectivity index (χ2v) is 7.94. The van der Waals surface area contributed by atoms with Crippen LogP contribution < -0.4 is 27.4 Å². The molecule has 0 fully saturated rings. The van der Waals surface area contributed by atoms with Gasteiger partial charge in [0.15, 0.2) is 0 Å². The summed E-state index contributed by atoms with van der Waals surface area (Å²) < 4.78 is 0. The molecule has 0 amide bonds. The monoisotopic (exact) mass is 457 g/mol. The van der Waals surface area contributed by atoms with Crippen molar-refractivity contribution >= 4 is 28.3 Å². The van der Waals surface area contributed by atoms with Gasteiger partial charge in [-0.2, -0.15) is 0 Å². The average Bonchev–Trinajstić information content (AvgIpc) is 2.84. The number of hydrogen-bond donors (Lipinski definition) is 6. The summed E-state index contributed by atoms with van der Waals surface area (Å²) in [4.78, 5) is 13.2. The van der Waals surface area contributed by atoms with Crippen molar-refractivity contribution in [3.63, 3.8) is 0 Å². The number of nitrogens with zero attached hydrogens (tertiary/aromatic N) is 3. The number of allylic oxidation sites excluding steroid dienone is 2. The molecule has 8 N–H and O–H groups in total. The van der Waals surface area contributed by atoms with Crippen molar-refractivity contribution in [1.82, 2.24) is 25.6 Å². The Balaban J connectivity index is 1.83. The van der Waals surface area contributed by atoms with Crippen LogP contribution in [0.1, 0.15) is 25.0 Å².